The summed E-state index contributed by atoms with van der Waals surface area (Å²) in [5.74, 6) is 1.58. The number of anilines is 1. The number of hydrogen-bond donors (Lipinski definition) is 0. The first-order valence-electron chi connectivity index (χ1n) is 6.81. The Hall–Kier alpha value is -0.870. The van der Waals surface area contributed by atoms with Crippen molar-refractivity contribution < 1.29 is 0 Å². The van der Waals surface area contributed by atoms with Crippen LogP contribution in [0.15, 0.2) is 12.4 Å². The number of aryl methyl sites for hydroxylation is 1. The second-order valence-corrected chi connectivity index (χ2v) is 6.89. The number of fused-ring (bicyclic) bond motifs is 1. The molecule has 3 heterocycles. The molecule has 0 radical (unpaired) electrons. The Morgan fingerprint density at radius 3 is 3.05 bits per heavy atom. The summed E-state index contributed by atoms with van der Waals surface area (Å²) in [6.45, 7) is 6.37. The molecule has 2 aromatic heterocycles. The van der Waals surface area contributed by atoms with Gasteiger partial charge in [0.05, 0.1) is 5.39 Å². The molecular formula is C14H18ClN3S. The molecule has 0 N–H and O–H groups in total. The van der Waals surface area contributed by atoms with Crippen molar-refractivity contribution in [1.29, 1.82) is 0 Å². The van der Waals surface area contributed by atoms with Crippen molar-refractivity contribution in [3.05, 3.63) is 17.3 Å². The SMILES string of the molecule is CCc1cc2c(N3CCC(Cl)C(C)C3)ncnc2s1. The quantitative estimate of drug-likeness (QED) is 0.791. The van der Waals surface area contributed by atoms with Crippen LogP contribution in [-0.2, 0) is 6.42 Å². The number of alkyl halides is 1. The average Bonchev–Trinajstić information content (AvgIpc) is 2.85. The number of thiophene rings is 1. The summed E-state index contributed by atoms with van der Waals surface area (Å²) in [6, 6.07) is 2.24. The molecule has 102 valence electrons. The topological polar surface area (TPSA) is 29.0 Å². The number of rotatable bonds is 2. The van der Waals surface area contributed by atoms with Crippen LogP contribution in [0.1, 0.15) is 25.1 Å². The van der Waals surface area contributed by atoms with E-state index >= 15 is 0 Å². The van der Waals surface area contributed by atoms with E-state index in [9.17, 15) is 0 Å². The molecule has 0 saturated carbocycles. The van der Waals surface area contributed by atoms with Gasteiger partial charge in [-0.05, 0) is 24.8 Å². The third kappa shape index (κ3) is 2.43. The molecule has 2 unspecified atom stereocenters. The zero-order valence-corrected chi connectivity index (χ0v) is 12.8. The number of hydrogen-bond acceptors (Lipinski definition) is 4. The first-order chi connectivity index (χ1) is 9.19. The monoisotopic (exact) mass is 295 g/mol. The van der Waals surface area contributed by atoms with Crippen LogP contribution in [0, 0.1) is 5.92 Å². The third-order valence-electron chi connectivity index (χ3n) is 3.81. The number of piperidine rings is 1. The Bertz CT molecular complexity index is 583. The molecule has 2 atom stereocenters. The third-order valence-corrected chi connectivity index (χ3v) is 5.64. The smallest absolute Gasteiger partial charge is 0.140 e. The highest BCUT2D eigenvalue weighted by atomic mass is 35.5. The van der Waals surface area contributed by atoms with Crippen molar-refractivity contribution in [2.45, 2.75) is 32.1 Å². The minimum absolute atomic E-state index is 0.294. The van der Waals surface area contributed by atoms with Crippen LogP contribution in [-0.4, -0.2) is 28.4 Å². The van der Waals surface area contributed by atoms with Crippen LogP contribution < -0.4 is 4.90 Å². The van der Waals surface area contributed by atoms with Gasteiger partial charge in [0.1, 0.15) is 17.0 Å². The van der Waals surface area contributed by atoms with Gasteiger partial charge >= 0.3 is 0 Å². The Labute approximate surface area is 122 Å². The van der Waals surface area contributed by atoms with Gasteiger partial charge in [-0.3, -0.25) is 0 Å². The fraction of sp³-hybridized carbons (Fsp3) is 0.571. The molecule has 19 heavy (non-hydrogen) atoms. The van der Waals surface area contributed by atoms with Crippen molar-refractivity contribution in [2.75, 3.05) is 18.0 Å². The van der Waals surface area contributed by atoms with E-state index in [1.54, 1.807) is 17.7 Å². The van der Waals surface area contributed by atoms with E-state index < -0.39 is 0 Å². The second kappa shape index (κ2) is 5.25. The maximum absolute atomic E-state index is 6.31. The van der Waals surface area contributed by atoms with E-state index in [0.29, 0.717) is 11.3 Å². The zero-order chi connectivity index (χ0) is 13.4. The molecule has 1 saturated heterocycles. The molecule has 0 amide bonds. The first-order valence-corrected chi connectivity index (χ1v) is 8.06. The van der Waals surface area contributed by atoms with Gasteiger partial charge in [0.2, 0.25) is 0 Å². The van der Waals surface area contributed by atoms with Gasteiger partial charge in [-0.1, -0.05) is 13.8 Å². The Balaban J connectivity index is 1.98. The lowest BCUT2D eigenvalue weighted by Crippen LogP contribution is -2.40. The summed E-state index contributed by atoms with van der Waals surface area (Å²) in [4.78, 5) is 13.7. The standard InChI is InChI=1S/C14H18ClN3S/c1-3-10-6-11-13(16-8-17-14(11)19-10)18-5-4-12(15)9(2)7-18/h6,8-9,12H,3-5,7H2,1-2H3. The van der Waals surface area contributed by atoms with Crippen molar-refractivity contribution in [3.8, 4) is 0 Å². The minimum Gasteiger partial charge on any atom is -0.356 e. The highest BCUT2D eigenvalue weighted by Gasteiger charge is 2.26. The summed E-state index contributed by atoms with van der Waals surface area (Å²) in [6.07, 6.45) is 3.77. The van der Waals surface area contributed by atoms with E-state index in [2.05, 4.69) is 34.8 Å². The minimum atomic E-state index is 0.294. The fourth-order valence-electron chi connectivity index (χ4n) is 2.63. The normalized spacial score (nSPS) is 24.1. The zero-order valence-electron chi connectivity index (χ0n) is 11.3. The summed E-state index contributed by atoms with van der Waals surface area (Å²) in [7, 11) is 0. The van der Waals surface area contributed by atoms with E-state index in [1.165, 1.54) is 10.3 Å². The molecule has 1 fully saturated rings. The van der Waals surface area contributed by atoms with Gasteiger partial charge in [0.15, 0.2) is 0 Å². The summed E-state index contributed by atoms with van der Waals surface area (Å²) in [5, 5.41) is 1.49. The largest absolute Gasteiger partial charge is 0.356 e. The molecule has 0 aromatic carbocycles. The molecule has 5 heteroatoms. The van der Waals surface area contributed by atoms with Crippen LogP contribution in [0.2, 0.25) is 0 Å². The van der Waals surface area contributed by atoms with Crippen LogP contribution in [0.3, 0.4) is 0 Å². The molecule has 3 nitrogen and oxygen atoms in total. The number of halogens is 1. The molecule has 2 aromatic rings. The molecular weight excluding hydrogens is 278 g/mol. The predicted octanol–water partition coefficient (Wildman–Crippen LogP) is 3.71. The van der Waals surface area contributed by atoms with Crippen LogP contribution in [0.4, 0.5) is 5.82 Å². The van der Waals surface area contributed by atoms with Gasteiger partial charge in [0, 0.05) is 23.3 Å². The average molecular weight is 296 g/mol. The van der Waals surface area contributed by atoms with Crippen molar-refractivity contribution in [2.24, 2.45) is 5.92 Å². The molecule has 1 aliphatic heterocycles. The van der Waals surface area contributed by atoms with Gasteiger partial charge in [0.25, 0.3) is 0 Å². The Kier molecular flexibility index (Phi) is 3.63. The van der Waals surface area contributed by atoms with Gasteiger partial charge in [-0.25, -0.2) is 9.97 Å². The summed E-state index contributed by atoms with van der Waals surface area (Å²) < 4.78 is 0. The van der Waals surface area contributed by atoms with Gasteiger partial charge in [-0.15, -0.1) is 22.9 Å². The molecule has 1 aliphatic rings. The lowest BCUT2D eigenvalue weighted by molar-refractivity contribution is 0.453. The lowest BCUT2D eigenvalue weighted by atomic mass is 9.99. The molecule has 0 bridgehead atoms. The predicted molar refractivity (Wildman–Crippen MR) is 82.4 cm³/mol. The van der Waals surface area contributed by atoms with Gasteiger partial charge in [-0.2, -0.15) is 0 Å². The fourth-order valence-corrected chi connectivity index (χ4v) is 3.74. The van der Waals surface area contributed by atoms with Crippen LogP contribution >= 0.6 is 22.9 Å². The second-order valence-electron chi connectivity index (χ2n) is 5.21. The van der Waals surface area contributed by atoms with E-state index in [-0.39, 0.29) is 0 Å². The van der Waals surface area contributed by atoms with Crippen LogP contribution in [0.25, 0.3) is 10.2 Å². The molecule has 0 spiro atoms. The maximum Gasteiger partial charge on any atom is 0.140 e. The van der Waals surface area contributed by atoms with E-state index in [1.807, 2.05) is 0 Å². The van der Waals surface area contributed by atoms with E-state index in [4.69, 9.17) is 11.6 Å². The molecule has 0 aliphatic carbocycles. The van der Waals surface area contributed by atoms with Gasteiger partial charge < -0.3 is 4.90 Å². The Morgan fingerprint density at radius 2 is 2.32 bits per heavy atom. The number of nitrogens with zero attached hydrogens (tertiary/aromatic N) is 3. The molecule has 3 rings (SSSR count). The van der Waals surface area contributed by atoms with Crippen molar-refractivity contribution >= 4 is 39.0 Å². The summed E-state index contributed by atoms with van der Waals surface area (Å²) >= 11 is 8.08. The Morgan fingerprint density at radius 1 is 1.47 bits per heavy atom. The first kappa shape index (κ1) is 13.1. The number of aromatic nitrogens is 2. The van der Waals surface area contributed by atoms with E-state index in [0.717, 1.165) is 36.6 Å². The lowest BCUT2D eigenvalue weighted by Gasteiger charge is -2.35. The summed E-state index contributed by atoms with van der Waals surface area (Å²) in [5.41, 5.74) is 0. The highest BCUT2D eigenvalue weighted by Crippen LogP contribution is 2.33. The highest BCUT2D eigenvalue weighted by molar-refractivity contribution is 7.18. The van der Waals surface area contributed by atoms with Crippen LogP contribution in [0.5, 0.6) is 0 Å². The van der Waals surface area contributed by atoms with Crippen molar-refractivity contribution in [1.82, 2.24) is 9.97 Å². The maximum atomic E-state index is 6.31. The van der Waals surface area contributed by atoms with Crippen molar-refractivity contribution in [3.63, 3.8) is 0 Å².